The van der Waals surface area contributed by atoms with Crippen LogP contribution in [-0.2, 0) is 9.53 Å². The maximum absolute atomic E-state index is 12.4. The van der Waals surface area contributed by atoms with Gasteiger partial charge in [-0.05, 0) is 18.6 Å². The molecule has 2 rings (SSSR count). The zero-order valence-corrected chi connectivity index (χ0v) is 17.9. The summed E-state index contributed by atoms with van der Waals surface area (Å²) in [6, 6.07) is 10.8. The zero-order chi connectivity index (χ0) is 23.5. The van der Waals surface area contributed by atoms with Crippen LogP contribution in [0.1, 0.15) is 30.5 Å². The second-order valence-electron chi connectivity index (χ2n) is 6.35. The molecule has 0 spiro atoms. The maximum atomic E-state index is 12.4. The van der Waals surface area contributed by atoms with Gasteiger partial charge in [0.15, 0.2) is 11.5 Å². The SMILES string of the molecule is CCOC(=O)N[C@@H](CC(=O)N/N=C\c1cc(OC)c(OC)cc1[N+](=O)[O-])c1ccccc1. The van der Waals surface area contributed by atoms with Crippen molar-refractivity contribution in [3.63, 3.8) is 0 Å². The highest BCUT2D eigenvalue weighted by molar-refractivity contribution is 5.88. The standard InChI is InChI=1S/C21H24N4O7/c1-4-32-21(27)23-16(14-8-6-5-7-9-14)11-20(26)24-22-13-15-10-18(30-2)19(31-3)12-17(15)25(28)29/h5-10,12-13,16H,4,11H2,1-3H3,(H,23,27)(H,24,26)/b22-13-/t16-/m0/s1. The highest BCUT2D eigenvalue weighted by Crippen LogP contribution is 2.33. The Balaban J connectivity index is 2.14. The number of nitrogens with one attached hydrogen (secondary N) is 2. The fourth-order valence-electron chi connectivity index (χ4n) is 2.80. The van der Waals surface area contributed by atoms with Crippen LogP contribution in [0.2, 0.25) is 0 Å². The molecule has 32 heavy (non-hydrogen) atoms. The number of nitro benzene ring substituents is 1. The topological polar surface area (TPSA) is 141 Å². The number of carbonyl (C=O) groups is 2. The lowest BCUT2D eigenvalue weighted by Crippen LogP contribution is -2.33. The lowest BCUT2D eigenvalue weighted by Gasteiger charge is -2.18. The summed E-state index contributed by atoms with van der Waals surface area (Å²) in [5.41, 5.74) is 2.85. The van der Waals surface area contributed by atoms with Gasteiger partial charge in [-0.2, -0.15) is 5.10 Å². The van der Waals surface area contributed by atoms with Gasteiger partial charge >= 0.3 is 6.09 Å². The Bertz CT molecular complexity index is 980. The Morgan fingerprint density at radius 3 is 2.41 bits per heavy atom. The van der Waals surface area contributed by atoms with Crippen LogP contribution in [0.3, 0.4) is 0 Å². The molecule has 11 nitrogen and oxygen atoms in total. The molecule has 2 aromatic carbocycles. The van der Waals surface area contributed by atoms with Crippen molar-refractivity contribution in [3.8, 4) is 11.5 Å². The number of ether oxygens (including phenoxy) is 3. The van der Waals surface area contributed by atoms with Crippen LogP contribution in [0, 0.1) is 10.1 Å². The number of nitrogens with zero attached hydrogens (tertiary/aromatic N) is 2. The van der Waals surface area contributed by atoms with Gasteiger partial charge in [-0.15, -0.1) is 0 Å². The van der Waals surface area contributed by atoms with Crippen LogP contribution in [0.15, 0.2) is 47.6 Å². The summed E-state index contributed by atoms with van der Waals surface area (Å²) < 4.78 is 15.1. The molecule has 2 amide bonds. The molecule has 170 valence electrons. The molecular formula is C21H24N4O7. The number of hydrogen-bond acceptors (Lipinski definition) is 8. The Hall–Kier alpha value is -4.15. The van der Waals surface area contributed by atoms with Crippen molar-refractivity contribution < 1.29 is 28.7 Å². The van der Waals surface area contributed by atoms with Crippen molar-refractivity contribution in [1.82, 2.24) is 10.7 Å². The first-order valence-corrected chi connectivity index (χ1v) is 9.60. The molecule has 0 saturated carbocycles. The second-order valence-corrected chi connectivity index (χ2v) is 6.35. The third-order valence-electron chi connectivity index (χ3n) is 4.28. The number of rotatable bonds is 10. The smallest absolute Gasteiger partial charge is 0.407 e. The Kier molecular flexibility index (Phi) is 8.96. The number of amides is 2. The first-order chi connectivity index (χ1) is 15.4. The highest BCUT2D eigenvalue weighted by Gasteiger charge is 2.20. The predicted molar refractivity (Wildman–Crippen MR) is 116 cm³/mol. The van der Waals surface area contributed by atoms with E-state index >= 15 is 0 Å². The van der Waals surface area contributed by atoms with Crippen LogP contribution in [0.4, 0.5) is 10.5 Å². The summed E-state index contributed by atoms with van der Waals surface area (Å²) in [7, 11) is 2.76. The normalized spacial score (nSPS) is 11.5. The summed E-state index contributed by atoms with van der Waals surface area (Å²) in [4.78, 5) is 35.0. The van der Waals surface area contributed by atoms with E-state index in [4.69, 9.17) is 14.2 Å². The minimum atomic E-state index is -0.654. The summed E-state index contributed by atoms with van der Waals surface area (Å²) in [6.45, 7) is 1.86. The fraction of sp³-hybridized carbons (Fsp3) is 0.286. The molecule has 0 saturated heterocycles. The molecule has 0 unspecified atom stereocenters. The van der Waals surface area contributed by atoms with Crippen molar-refractivity contribution in [1.29, 1.82) is 0 Å². The van der Waals surface area contributed by atoms with Crippen molar-refractivity contribution in [2.75, 3.05) is 20.8 Å². The average Bonchev–Trinajstić information content (AvgIpc) is 2.78. The molecule has 0 radical (unpaired) electrons. The Labute approximate surface area is 184 Å². The van der Waals surface area contributed by atoms with Gasteiger partial charge < -0.3 is 19.5 Å². The van der Waals surface area contributed by atoms with E-state index in [0.717, 1.165) is 6.21 Å². The van der Waals surface area contributed by atoms with Crippen molar-refractivity contribution in [2.45, 2.75) is 19.4 Å². The number of nitro groups is 1. The Morgan fingerprint density at radius 2 is 1.81 bits per heavy atom. The molecule has 2 aromatic rings. The molecule has 0 aliphatic carbocycles. The van der Waals surface area contributed by atoms with Crippen molar-refractivity contribution >= 4 is 23.9 Å². The Morgan fingerprint density at radius 1 is 1.16 bits per heavy atom. The molecule has 0 aliphatic rings. The van der Waals surface area contributed by atoms with Crippen LogP contribution in [0.25, 0.3) is 0 Å². The van der Waals surface area contributed by atoms with Gasteiger partial charge in [0.25, 0.3) is 5.69 Å². The van der Waals surface area contributed by atoms with E-state index in [-0.39, 0.29) is 35.8 Å². The number of methoxy groups -OCH3 is 2. The van der Waals surface area contributed by atoms with Gasteiger partial charge in [-0.1, -0.05) is 30.3 Å². The highest BCUT2D eigenvalue weighted by atomic mass is 16.6. The predicted octanol–water partition coefficient (Wildman–Crippen LogP) is 2.94. The van der Waals surface area contributed by atoms with E-state index in [0.29, 0.717) is 5.56 Å². The number of hydrazone groups is 1. The van der Waals surface area contributed by atoms with Crippen LogP contribution in [0.5, 0.6) is 11.5 Å². The van der Waals surface area contributed by atoms with E-state index in [1.807, 2.05) is 6.07 Å². The van der Waals surface area contributed by atoms with Gasteiger partial charge in [0.1, 0.15) is 0 Å². The summed E-state index contributed by atoms with van der Waals surface area (Å²) in [5.74, 6) is -0.0557. The van der Waals surface area contributed by atoms with Crippen molar-refractivity contribution in [3.05, 3.63) is 63.7 Å². The van der Waals surface area contributed by atoms with Gasteiger partial charge in [-0.25, -0.2) is 10.2 Å². The van der Waals surface area contributed by atoms with Gasteiger partial charge in [0.05, 0.1) is 56.1 Å². The number of hydrogen-bond donors (Lipinski definition) is 2. The molecule has 11 heteroatoms. The average molecular weight is 444 g/mol. The minimum Gasteiger partial charge on any atom is -0.493 e. The maximum Gasteiger partial charge on any atom is 0.407 e. The third-order valence-corrected chi connectivity index (χ3v) is 4.28. The molecule has 0 aromatic heterocycles. The summed E-state index contributed by atoms with van der Waals surface area (Å²) in [6.07, 6.45) is 0.348. The van der Waals surface area contributed by atoms with Gasteiger partial charge in [0.2, 0.25) is 5.91 Å². The molecule has 1 atom stereocenters. The third kappa shape index (κ3) is 6.69. The first kappa shape index (κ1) is 24.1. The number of carbonyl (C=O) groups excluding carboxylic acids is 2. The molecule has 0 heterocycles. The lowest BCUT2D eigenvalue weighted by atomic mass is 10.0. The summed E-state index contributed by atoms with van der Waals surface area (Å²) >= 11 is 0. The van der Waals surface area contributed by atoms with Gasteiger partial charge in [0, 0.05) is 0 Å². The van der Waals surface area contributed by atoms with Gasteiger partial charge in [-0.3, -0.25) is 14.9 Å². The lowest BCUT2D eigenvalue weighted by molar-refractivity contribution is -0.385. The van der Waals surface area contributed by atoms with E-state index in [1.54, 1.807) is 31.2 Å². The van der Waals surface area contributed by atoms with Crippen LogP contribution < -0.4 is 20.2 Å². The first-order valence-electron chi connectivity index (χ1n) is 9.60. The minimum absolute atomic E-state index is 0.109. The van der Waals surface area contributed by atoms with E-state index < -0.39 is 23.0 Å². The molecule has 0 bridgehead atoms. The number of alkyl carbamates (subject to hydrolysis) is 1. The number of benzene rings is 2. The zero-order valence-electron chi connectivity index (χ0n) is 17.9. The monoisotopic (exact) mass is 444 g/mol. The van der Waals surface area contributed by atoms with Crippen LogP contribution >= 0.6 is 0 Å². The van der Waals surface area contributed by atoms with E-state index in [2.05, 4.69) is 15.8 Å². The van der Waals surface area contributed by atoms with Crippen LogP contribution in [-0.4, -0.2) is 44.0 Å². The molecule has 0 aliphatic heterocycles. The largest absolute Gasteiger partial charge is 0.493 e. The molecular weight excluding hydrogens is 420 g/mol. The quantitative estimate of drug-likeness (QED) is 0.326. The second kappa shape index (κ2) is 11.9. The fourth-order valence-corrected chi connectivity index (χ4v) is 2.80. The molecule has 2 N–H and O–H groups in total. The van der Waals surface area contributed by atoms with E-state index in [9.17, 15) is 19.7 Å². The van der Waals surface area contributed by atoms with Crippen molar-refractivity contribution in [2.24, 2.45) is 5.10 Å². The molecule has 0 fully saturated rings. The van der Waals surface area contributed by atoms with E-state index in [1.165, 1.54) is 26.4 Å². The summed E-state index contributed by atoms with van der Waals surface area (Å²) in [5, 5.41) is 17.8.